The first-order valence-electron chi connectivity index (χ1n) is 8.29. The molecule has 0 fully saturated rings. The summed E-state index contributed by atoms with van der Waals surface area (Å²) in [5.41, 5.74) is 2.15. The Balaban J connectivity index is 1.60. The van der Waals surface area contributed by atoms with E-state index in [9.17, 15) is 0 Å². The van der Waals surface area contributed by atoms with Gasteiger partial charge in [-0.2, -0.15) is 9.78 Å². The Morgan fingerprint density at radius 1 is 1.15 bits per heavy atom. The summed E-state index contributed by atoms with van der Waals surface area (Å²) in [6, 6.07) is 15.6. The van der Waals surface area contributed by atoms with Gasteiger partial charge in [-0.25, -0.2) is 0 Å². The average Bonchev–Trinajstić information content (AvgIpc) is 3.12. The highest BCUT2D eigenvalue weighted by Crippen LogP contribution is 2.21. The second kappa shape index (κ2) is 9.40. The summed E-state index contributed by atoms with van der Waals surface area (Å²) in [7, 11) is 0. The maximum Gasteiger partial charge on any atom is 0.212 e. The van der Waals surface area contributed by atoms with Crippen LogP contribution in [0.15, 0.2) is 65.1 Å². The topological polar surface area (TPSA) is 52.3 Å². The molecule has 0 saturated heterocycles. The van der Waals surface area contributed by atoms with Crippen LogP contribution in [0.5, 0.6) is 5.75 Å². The van der Waals surface area contributed by atoms with Gasteiger partial charge in [0.1, 0.15) is 12.1 Å². The van der Waals surface area contributed by atoms with Gasteiger partial charge in [0.15, 0.2) is 0 Å². The molecular formula is C19H19ClN4OS. The predicted octanol–water partition coefficient (Wildman–Crippen LogP) is 4.89. The number of ether oxygens (including phenoxy) is 1. The van der Waals surface area contributed by atoms with Crippen LogP contribution in [0.25, 0.3) is 0 Å². The fourth-order valence-corrected chi connectivity index (χ4v) is 3.07. The third-order valence-corrected chi connectivity index (χ3v) is 4.72. The van der Waals surface area contributed by atoms with Crippen LogP contribution < -0.4 is 4.74 Å². The minimum atomic E-state index is 0.725. The average molecular weight is 387 g/mol. The van der Waals surface area contributed by atoms with E-state index in [-0.39, 0.29) is 0 Å². The maximum absolute atomic E-state index is 5.91. The van der Waals surface area contributed by atoms with Crippen molar-refractivity contribution in [1.29, 1.82) is 0 Å². The molecule has 0 atom stereocenters. The molecule has 1 heterocycles. The first-order chi connectivity index (χ1) is 12.7. The number of halogens is 1. The number of benzene rings is 2. The molecule has 3 rings (SSSR count). The van der Waals surface area contributed by atoms with Crippen molar-refractivity contribution in [2.24, 2.45) is 5.10 Å². The quantitative estimate of drug-likeness (QED) is 0.408. The van der Waals surface area contributed by atoms with Crippen molar-refractivity contribution in [2.45, 2.75) is 24.3 Å². The fraction of sp³-hybridized carbons (Fsp3) is 0.211. The summed E-state index contributed by atoms with van der Waals surface area (Å²) in [5.74, 6) is 1.64. The van der Waals surface area contributed by atoms with E-state index < -0.39 is 0 Å². The Kier molecular flexibility index (Phi) is 6.68. The molecule has 5 nitrogen and oxygen atoms in total. The van der Waals surface area contributed by atoms with E-state index in [0.717, 1.165) is 40.3 Å². The van der Waals surface area contributed by atoms with E-state index in [1.54, 1.807) is 29.0 Å². The number of aromatic nitrogens is 3. The molecule has 0 radical (unpaired) electrons. The zero-order valence-corrected chi connectivity index (χ0v) is 16.0. The van der Waals surface area contributed by atoms with Gasteiger partial charge in [-0.3, -0.25) is 0 Å². The largest absolute Gasteiger partial charge is 0.494 e. The van der Waals surface area contributed by atoms with Crippen LogP contribution in [-0.4, -0.2) is 27.7 Å². The lowest BCUT2D eigenvalue weighted by molar-refractivity contribution is 0.317. The fourth-order valence-electron chi connectivity index (χ4n) is 2.12. The van der Waals surface area contributed by atoms with Crippen LogP contribution in [-0.2, 0) is 5.75 Å². The van der Waals surface area contributed by atoms with Crippen molar-refractivity contribution in [1.82, 2.24) is 14.9 Å². The lowest BCUT2D eigenvalue weighted by Gasteiger charge is -2.04. The summed E-state index contributed by atoms with van der Waals surface area (Å²) in [4.78, 5) is 0. The summed E-state index contributed by atoms with van der Waals surface area (Å²) < 4.78 is 7.25. The SMILES string of the molecule is CCCOc1ccc(/C=N\n2cnnc2SCc2ccc(Cl)cc2)cc1. The Morgan fingerprint density at radius 2 is 1.92 bits per heavy atom. The summed E-state index contributed by atoms with van der Waals surface area (Å²) >= 11 is 7.48. The van der Waals surface area contributed by atoms with Crippen LogP contribution in [0, 0.1) is 0 Å². The van der Waals surface area contributed by atoms with Crippen molar-refractivity contribution in [3.8, 4) is 5.75 Å². The molecule has 0 bridgehead atoms. The molecule has 1 aromatic heterocycles. The number of rotatable bonds is 8. The molecule has 0 N–H and O–H groups in total. The Labute approximate surface area is 162 Å². The molecule has 0 aliphatic rings. The minimum absolute atomic E-state index is 0.725. The number of nitrogens with zero attached hydrogens (tertiary/aromatic N) is 4. The van der Waals surface area contributed by atoms with Crippen molar-refractivity contribution in [3.05, 3.63) is 71.0 Å². The van der Waals surface area contributed by atoms with Gasteiger partial charge in [-0.05, 0) is 53.9 Å². The minimum Gasteiger partial charge on any atom is -0.494 e. The van der Waals surface area contributed by atoms with Crippen LogP contribution >= 0.6 is 23.4 Å². The van der Waals surface area contributed by atoms with Crippen molar-refractivity contribution in [3.63, 3.8) is 0 Å². The first-order valence-corrected chi connectivity index (χ1v) is 9.65. The molecular weight excluding hydrogens is 368 g/mol. The van der Waals surface area contributed by atoms with Gasteiger partial charge in [0, 0.05) is 10.8 Å². The molecule has 7 heteroatoms. The summed E-state index contributed by atoms with van der Waals surface area (Å²) in [5, 5.41) is 14.0. The Morgan fingerprint density at radius 3 is 2.65 bits per heavy atom. The number of hydrogen-bond acceptors (Lipinski definition) is 5. The van der Waals surface area contributed by atoms with E-state index in [0.29, 0.717) is 0 Å². The van der Waals surface area contributed by atoms with E-state index >= 15 is 0 Å². The normalized spacial score (nSPS) is 11.2. The number of thioether (sulfide) groups is 1. The monoisotopic (exact) mass is 386 g/mol. The zero-order chi connectivity index (χ0) is 18.2. The maximum atomic E-state index is 5.91. The third-order valence-electron chi connectivity index (χ3n) is 3.47. The molecule has 0 spiro atoms. The molecule has 0 amide bonds. The van der Waals surface area contributed by atoms with Gasteiger partial charge in [0.05, 0.1) is 12.8 Å². The van der Waals surface area contributed by atoms with Gasteiger partial charge >= 0.3 is 0 Å². The molecule has 26 heavy (non-hydrogen) atoms. The van der Waals surface area contributed by atoms with Crippen LogP contribution in [0.4, 0.5) is 0 Å². The molecule has 0 unspecified atom stereocenters. The predicted molar refractivity (Wildman–Crippen MR) is 106 cm³/mol. The molecule has 0 aliphatic carbocycles. The van der Waals surface area contributed by atoms with Gasteiger partial charge in [-0.15, -0.1) is 10.2 Å². The summed E-state index contributed by atoms with van der Waals surface area (Å²) in [6.07, 6.45) is 4.37. The van der Waals surface area contributed by atoms with Crippen molar-refractivity contribution < 1.29 is 4.74 Å². The third kappa shape index (κ3) is 5.34. The lowest BCUT2D eigenvalue weighted by Crippen LogP contribution is -1.95. The lowest BCUT2D eigenvalue weighted by atomic mass is 10.2. The Hall–Kier alpha value is -2.31. The second-order valence-corrected chi connectivity index (χ2v) is 6.91. The van der Waals surface area contributed by atoms with E-state index in [2.05, 4.69) is 22.2 Å². The van der Waals surface area contributed by atoms with E-state index in [1.807, 2.05) is 48.5 Å². The zero-order valence-electron chi connectivity index (χ0n) is 14.4. The second-order valence-electron chi connectivity index (χ2n) is 5.54. The van der Waals surface area contributed by atoms with Crippen LogP contribution in [0.1, 0.15) is 24.5 Å². The molecule has 3 aromatic rings. The summed E-state index contributed by atoms with van der Waals surface area (Å²) in [6.45, 7) is 2.81. The molecule has 0 saturated carbocycles. The highest BCUT2D eigenvalue weighted by atomic mass is 35.5. The van der Waals surface area contributed by atoms with Crippen molar-refractivity contribution >= 4 is 29.6 Å². The van der Waals surface area contributed by atoms with Gasteiger partial charge < -0.3 is 4.74 Å². The standard InChI is InChI=1S/C19H19ClN4OS/c1-2-11-25-18-9-5-15(6-10-18)12-22-24-14-21-23-19(24)26-13-16-3-7-17(20)8-4-16/h3-10,12,14H,2,11,13H2,1H3/b22-12-. The highest BCUT2D eigenvalue weighted by Gasteiger charge is 2.04. The van der Waals surface area contributed by atoms with E-state index in [4.69, 9.17) is 16.3 Å². The van der Waals surface area contributed by atoms with E-state index in [1.165, 1.54) is 5.56 Å². The van der Waals surface area contributed by atoms with Gasteiger partial charge in [0.25, 0.3) is 0 Å². The molecule has 2 aromatic carbocycles. The molecule has 0 aliphatic heterocycles. The van der Waals surface area contributed by atoms with Crippen molar-refractivity contribution in [2.75, 3.05) is 6.61 Å². The van der Waals surface area contributed by atoms with Crippen LogP contribution in [0.3, 0.4) is 0 Å². The smallest absolute Gasteiger partial charge is 0.212 e. The molecule has 134 valence electrons. The Bertz CT molecular complexity index is 847. The van der Waals surface area contributed by atoms with Crippen LogP contribution in [0.2, 0.25) is 5.02 Å². The number of hydrogen-bond donors (Lipinski definition) is 0. The van der Waals surface area contributed by atoms with Gasteiger partial charge in [-0.1, -0.05) is 42.4 Å². The van der Waals surface area contributed by atoms with Gasteiger partial charge in [0.2, 0.25) is 5.16 Å². The highest BCUT2D eigenvalue weighted by molar-refractivity contribution is 7.98. The first kappa shape index (κ1) is 18.5.